The number of carbonyl (C=O) groups is 3. The summed E-state index contributed by atoms with van der Waals surface area (Å²) in [6.45, 7) is 0. The number of hydrogen-bond acceptors (Lipinski definition) is 5. The number of aromatic hydroxyl groups is 1. The lowest BCUT2D eigenvalue weighted by atomic mass is 10.1. The molecule has 0 bridgehead atoms. The monoisotopic (exact) mass is 416 g/mol. The summed E-state index contributed by atoms with van der Waals surface area (Å²) >= 11 is 3.18. The molecule has 1 aliphatic rings. The fourth-order valence-corrected chi connectivity index (χ4v) is 2.93. The normalized spacial score (nSPS) is 16.0. The van der Waals surface area contributed by atoms with Gasteiger partial charge in [-0.2, -0.15) is 0 Å². The molecule has 3 rings (SSSR count). The van der Waals surface area contributed by atoms with Crippen molar-refractivity contribution in [3.8, 4) is 11.5 Å². The van der Waals surface area contributed by atoms with Crippen LogP contribution in [-0.2, 0) is 9.59 Å². The number of phenols is 1. The lowest BCUT2D eigenvalue weighted by Crippen LogP contribution is -2.54. The molecular formula is C18H13BrN2O5. The second-order valence-electron chi connectivity index (χ2n) is 5.35. The Kier molecular flexibility index (Phi) is 4.77. The molecule has 1 fully saturated rings. The number of phenolic OH excluding ortho intramolecular Hbond substituents is 1. The number of barbiturate groups is 1. The van der Waals surface area contributed by atoms with Crippen molar-refractivity contribution < 1.29 is 24.2 Å². The Hall–Kier alpha value is -3.13. The number of benzene rings is 2. The van der Waals surface area contributed by atoms with Crippen LogP contribution >= 0.6 is 15.9 Å². The number of carbonyl (C=O) groups excluding carboxylic acids is 3. The third-order valence-corrected chi connectivity index (χ3v) is 4.30. The van der Waals surface area contributed by atoms with Gasteiger partial charge in [-0.05, 0) is 51.8 Å². The van der Waals surface area contributed by atoms with Gasteiger partial charge in [0.2, 0.25) is 0 Å². The van der Waals surface area contributed by atoms with Crippen molar-refractivity contribution in [3.63, 3.8) is 0 Å². The molecule has 2 aromatic carbocycles. The Balaban J connectivity index is 2.05. The number of methoxy groups -OCH3 is 1. The maximum atomic E-state index is 12.7. The summed E-state index contributed by atoms with van der Waals surface area (Å²) < 4.78 is 5.39. The van der Waals surface area contributed by atoms with Gasteiger partial charge in [0.15, 0.2) is 11.5 Å². The van der Waals surface area contributed by atoms with E-state index in [0.29, 0.717) is 15.7 Å². The number of imide groups is 2. The molecule has 2 aromatic rings. The predicted molar refractivity (Wildman–Crippen MR) is 97.8 cm³/mol. The first-order valence-electron chi connectivity index (χ1n) is 7.45. The van der Waals surface area contributed by atoms with E-state index in [1.54, 1.807) is 30.3 Å². The van der Waals surface area contributed by atoms with E-state index in [0.717, 1.165) is 4.90 Å². The number of anilines is 1. The second-order valence-corrected chi connectivity index (χ2v) is 6.20. The maximum absolute atomic E-state index is 12.7. The fourth-order valence-electron chi connectivity index (χ4n) is 2.47. The van der Waals surface area contributed by atoms with Gasteiger partial charge >= 0.3 is 6.03 Å². The number of hydrogen-bond donors (Lipinski definition) is 2. The van der Waals surface area contributed by atoms with Crippen LogP contribution in [0.5, 0.6) is 11.5 Å². The van der Waals surface area contributed by atoms with E-state index in [4.69, 9.17) is 4.74 Å². The van der Waals surface area contributed by atoms with Gasteiger partial charge in [0.25, 0.3) is 11.8 Å². The minimum absolute atomic E-state index is 0.102. The summed E-state index contributed by atoms with van der Waals surface area (Å²) in [5.74, 6) is -1.47. The molecule has 4 amide bonds. The van der Waals surface area contributed by atoms with E-state index in [-0.39, 0.29) is 17.1 Å². The molecule has 1 aliphatic heterocycles. The van der Waals surface area contributed by atoms with Gasteiger partial charge in [-0.15, -0.1) is 0 Å². The second kappa shape index (κ2) is 7.01. The topological polar surface area (TPSA) is 95.9 Å². The first-order chi connectivity index (χ1) is 12.4. The summed E-state index contributed by atoms with van der Waals surface area (Å²) in [6.07, 6.45) is 1.33. The number of nitrogens with zero attached hydrogens (tertiary/aromatic N) is 1. The van der Waals surface area contributed by atoms with Crippen molar-refractivity contribution in [2.24, 2.45) is 0 Å². The van der Waals surface area contributed by atoms with E-state index in [9.17, 15) is 19.5 Å². The average molecular weight is 417 g/mol. The number of ether oxygens (including phenoxy) is 1. The third kappa shape index (κ3) is 3.18. The van der Waals surface area contributed by atoms with Crippen LogP contribution in [0.4, 0.5) is 10.5 Å². The Morgan fingerprint density at radius 1 is 1.15 bits per heavy atom. The highest BCUT2D eigenvalue weighted by Gasteiger charge is 2.36. The number of rotatable bonds is 3. The van der Waals surface area contributed by atoms with Crippen LogP contribution < -0.4 is 15.0 Å². The molecule has 0 radical (unpaired) electrons. The van der Waals surface area contributed by atoms with Gasteiger partial charge in [0.05, 0.1) is 17.3 Å². The van der Waals surface area contributed by atoms with Gasteiger partial charge in [0.1, 0.15) is 5.57 Å². The third-order valence-electron chi connectivity index (χ3n) is 3.70. The zero-order chi connectivity index (χ0) is 18.8. The SMILES string of the molecule is COc1cc(C=C2C(=O)NC(=O)N(c3ccccc3)C2=O)cc(Br)c1O. The molecule has 1 heterocycles. The highest BCUT2D eigenvalue weighted by molar-refractivity contribution is 9.10. The average Bonchev–Trinajstić information content (AvgIpc) is 2.62. The first kappa shape index (κ1) is 17.7. The minimum atomic E-state index is -0.812. The van der Waals surface area contributed by atoms with Gasteiger partial charge in [-0.25, -0.2) is 9.69 Å². The molecular weight excluding hydrogens is 404 g/mol. The van der Waals surface area contributed by atoms with Crippen LogP contribution in [-0.4, -0.2) is 30.1 Å². The van der Waals surface area contributed by atoms with E-state index in [1.807, 2.05) is 0 Å². The van der Waals surface area contributed by atoms with Crippen molar-refractivity contribution in [3.05, 3.63) is 58.1 Å². The van der Waals surface area contributed by atoms with Gasteiger partial charge in [-0.1, -0.05) is 18.2 Å². The highest BCUT2D eigenvalue weighted by Crippen LogP contribution is 2.36. The molecule has 7 nitrogen and oxygen atoms in total. The molecule has 132 valence electrons. The molecule has 8 heteroatoms. The van der Waals surface area contributed by atoms with Gasteiger partial charge in [0, 0.05) is 0 Å². The Morgan fingerprint density at radius 3 is 2.50 bits per heavy atom. The summed E-state index contributed by atoms with van der Waals surface area (Å²) in [5.41, 5.74) is 0.568. The van der Waals surface area contributed by atoms with Crippen LogP contribution in [0.2, 0.25) is 0 Å². The van der Waals surface area contributed by atoms with Crippen LogP contribution in [0.1, 0.15) is 5.56 Å². The molecule has 0 saturated carbocycles. The first-order valence-corrected chi connectivity index (χ1v) is 8.24. The Labute approximate surface area is 157 Å². The lowest BCUT2D eigenvalue weighted by molar-refractivity contribution is -0.122. The summed E-state index contributed by atoms with van der Waals surface area (Å²) in [4.78, 5) is 37.9. The van der Waals surface area contributed by atoms with Crippen molar-refractivity contribution >= 4 is 45.5 Å². The number of urea groups is 1. The molecule has 2 N–H and O–H groups in total. The molecule has 26 heavy (non-hydrogen) atoms. The zero-order valence-corrected chi connectivity index (χ0v) is 15.1. The van der Waals surface area contributed by atoms with Crippen molar-refractivity contribution in [2.75, 3.05) is 12.0 Å². The van der Waals surface area contributed by atoms with Gasteiger partial charge in [-0.3, -0.25) is 14.9 Å². The summed E-state index contributed by atoms with van der Waals surface area (Å²) in [7, 11) is 1.38. The van der Waals surface area contributed by atoms with E-state index in [1.165, 1.54) is 25.3 Å². The fraction of sp³-hybridized carbons (Fsp3) is 0.0556. The van der Waals surface area contributed by atoms with Crippen molar-refractivity contribution in [2.45, 2.75) is 0 Å². The number of halogens is 1. The molecule has 0 atom stereocenters. The Bertz CT molecular complexity index is 940. The predicted octanol–water partition coefficient (Wildman–Crippen LogP) is 2.83. The van der Waals surface area contributed by atoms with Crippen molar-refractivity contribution in [1.82, 2.24) is 5.32 Å². The molecule has 0 aromatic heterocycles. The van der Waals surface area contributed by atoms with Crippen LogP contribution in [0, 0.1) is 0 Å². The van der Waals surface area contributed by atoms with E-state index >= 15 is 0 Å². The van der Waals surface area contributed by atoms with Crippen LogP contribution in [0.25, 0.3) is 6.08 Å². The standard InChI is InChI=1S/C18H13BrN2O5/c1-26-14-9-10(8-13(19)15(14)22)7-12-16(23)20-18(25)21(17(12)24)11-5-3-2-4-6-11/h2-9,22H,1H3,(H,20,23,25). The number of para-hydroxylation sites is 1. The van der Waals surface area contributed by atoms with E-state index in [2.05, 4.69) is 21.2 Å². The maximum Gasteiger partial charge on any atom is 0.335 e. The lowest BCUT2D eigenvalue weighted by Gasteiger charge is -2.26. The quantitative estimate of drug-likeness (QED) is 0.592. The Morgan fingerprint density at radius 2 is 1.85 bits per heavy atom. The van der Waals surface area contributed by atoms with Gasteiger partial charge < -0.3 is 9.84 Å². The molecule has 0 aliphatic carbocycles. The highest BCUT2D eigenvalue weighted by atomic mass is 79.9. The van der Waals surface area contributed by atoms with E-state index < -0.39 is 17.8 Å². The van der Waals surface area contributed by atoms with Crippen molar-refractivity contribution in [1.29, 1.82) is 0 Å². The number of amides is 4. The van der Waals surface area contributed by atoms with Crippen LogP contribution in [0.15, 0.2) is 52.5 Å². The zero-order valence-electron chi connectivity index (χ0n) is 13.5. The molecule has 1 saturated heterocycles. The molecule has 0 unspecified atom stereocenters. The number of nitrogens with one attached hydrogen (secondary N) is 1. The van der Waals surface area contributed by atoms with Crippen LogP contribution in [0.3, 0.4) is 0 Å². The summed E-state index contributed by atoms with van der Waals surface area (Å²) in [6, 6.07) is 10.5. The largest absolute Gasteiger partial charge is 0.503 e. The minimum Gasteiger partial charge on any atom is -0.503 e. The summed E-state index contributed by atoms with van der Waals surface area (Å²) in [5, 5.41) is 12.0. The molecule has 0 spiro atoms. The smallest absolute Gasteiger partial charge is 0.335 e.